The number of hydrogen-bond acceptors (Lipinski definition) is 4. The Morgan fingerprint density at radius 1 is 1.52 bits per heavy atom. The lowest BCUT2D eigenvalue weighted by Gasteiger charge is -2.34. The molecule has 0 unspecified atom stereocenters. The van der Waals surface area contributed by atoms with Crippen LogP contribution in [0.3, 0.4) is 0 Å². The third-order valence-electron chi connectivity index (χ3n) is 4.06. The van der Waals surface area contributed by atoms with Crippen LogP contribution in [0, 0.1) is 23.1 Å². The quantitative estimate of drug-likeness (QED) is 0.925. The molecule has 0 aromatic carbocycles. The zero-order valence-electron chi connectivity index (χ0n) is 11.8. The van der Waals surface area contributed by atoms with Gasteiger partial charge in [-0.25, -0.2) is 17.8 Å². The van der Waals surface area contributed by atoms with Crippen molar-refractivity contribution in [1.29, 1.82) is 5.26 Å². The molecular weight excluding hydrogens is 293 g/mol. The van der Waals surface area contributed by atoms with Crippen LogP contribution in [-0.2, 0) is 10.0 Å². The zero-order chi connectivity index (χ0) is 15.5. The first-order chi connectivity index (χ1) is 9.92. The summed E-state index contributed by atoms with van der Waals surface area (Å²) in [4.78, 5) is 3.58. The van der Waals surface area contributed by atoms with Gasteiger partial charge in [-0.1, -0.05) is 13.3 Å². The molecule has 0 aliphatic heterocycles. The van der Waals surface area contributed by atoms with Crippen molar-refractivity contribution in [2.24, 2.45) is 5.92 Å². The molecule has 0 amide bonds. The first-order valence-corrected chi connectivity index (χ1v) is 8.46. The van der Waals surface area contributed by atoms with Gasteiger partial charge in [0.15, 0.2) is 5.82 Å². The molecule has 1 N–H and O–H groups in total. The Balaban J connectivity index is 2.23. The highest BCUT2D eigenvalue weighted by molar-refractivity contribution is 7.89. The normalized spacial score (nSPS) is 26.2. The Morgan fingerprint density at radius 3 is 2.71 bits per heavy atom. The van der Waals surface area contributed by atoms with Gasteiger partial charge in [-0.2, -0.15) is 9.98 Å². The van der Waals surface area contributed by atoms with Crippen LogP contribution in [0.2, 0.25) is 0 Å². The van der Waals surface area contributed by atoms with E-state index in [1.165, 1.54) is 12.3 Å². The second-order valence-corrected chi connectivity index (χ2v) is 7.04. The van der Waals surface area contributed by atoms with Crippen molar-refractivity contribution in [3.63, 3.8) is 0 Å². The number of halogens is 1. The van der Waals surface area contributed by atoms with Gasteiger partial charge in [0, 0.05) is 6.20 Å². The van der Waals surface area contributed by atoms with Gasteiger partial charge >= 0.3 is 0 Å². The molecule has 1 saturated carbocycles. The molecule has 114 valence electrons. The Hall–Kier alpha value is -1.52. The van der Waals surface area contributed by atoms with Crippen LogP contribution in [0.15, 0.2) is 23.4 Å². The van der Waals surface area contributed by atoms with Crippen LogP contribution in [0.4, 0.5) is 4.39 Å². The van der Waals surface area contributed by atoms with Gasteiger partial charge in [0.2, 0.25) is 5.03 Å². The third kappa shape index (κ3) is 3.39. The summed E-state index contributed by atoms with van der Waals surface area (Å²) in [5, 5.41) is 8.73. The summed E-state index contributed by atoms with van der Waals surface area (Å²) in [5.74, 6) is -0.400. The van der Waals surface area contributed by atoms with E-state index in [1.54, 1.807) is 0 Å². The predicted molar refractivity (Wildman–Crippen MR) is 75.1 cm³/mol. The highest BCUT2D eigenvalue weighted by atomic mass is 32.2. The molecule has 1 fully saturated rings. The Bertz CT molecular complexity index is 646. The topological polar surface area (TPSA) is 82.9 Å². The average molecular weight is 311 g/mol. The highest BCUT2D eigenvalue weighted by Gasteiger charge is 2.39. The minimum absolute atomic E-state index is 0.440. The van der Waals surface area contributed by atoms with E-state index in [-0.39, 0.29) is 0 Å². The number of nitriles is 1. The van der Waals surface area contributed by atoms with Gasteiger partial charge in [0.25, 0.3) is 10.0 Å². The maximum atomic E-state index is 13.6. The maximum absolute atomic E-state index is 13.6. The van der Waals surface area contributed by atoms with Crippen molar-refractivity contribution in [3.05, 3.63) is 24.1 Å². The molecule has 0 atom stereocenters. The van der Waals surface area contributed by atoms with E-state index in [0.29, 0.717) is 18.8 Å². The van der Waals surface area contributed by atoms with Crippen LogP contribution in [0.1, 0.15) is 39.0 Å². The number of rotatable bonds is 4. The van der Waals surface area contributed by atoms with E-state index in [1.807, 2.05) is 0 Å². The largest absolute Gasteiger partial charge is 0.262 e. The Kier molecular flexibility index (Phi) is 4.59. The summed E-state index contributed by atoms with van der Waals surface area (Å²) in [6.45, 7) is 2.08. The third-order valence-corrected chi connectivity index (χ3v) is 5.53. The molecule has 1 aromatic rings. The van der Waals surface area contributed by atoms with Crippen molar-refractivity contribution < 1.29 is 12.8 Å². The minimum Gasteiger partial charge on any atom is -0.241 e. The van der Waals surface area contributed by atoms with E-state index >= 15 is 0 Å². The van der Waals surface area contributed by atoms with Gasteiger partial charge < -0.3 is 0 Å². The number of pyridine rings is 1. The van der Waals surface area contributed by atoms with Crippen LogP contribution < -0.4 is 4.72 Å². The molecule has 1 aromatic heterocycles. The first kappa shape index (κ1) is 15.9. The monoisotopic (exact) mass is 311 g/mol. The second-order valence-electron chi connectivity index (χ2n) is 5.44. The number of nitrogens with one attached hydrogen (secondary N) is 1. The van der Waals surface area contributed by atoms with Crippen molar-refractivity contribution in [2.45, 2.75) is 49.6 Å². The Labute approximate surface area is 124 Å². The van der Waals surface area contributed by atoms with Crippen LogP contribution in [0.25, 0.3) is 0 Å². The van der Waals surface area contributed by atoms with E-state index in [0.717, 1.165) is 25.3 Å². The van der Waals surface area contributed by atoms with Gasteiger partial charge in [-0.05, 0) is 43.7 Å². The molecular formula is C14H18FN3O2S. The summed E-state index contributed by atoms with van der Waals surface area (Å²) >= 11 is 0. The number of sulfonamides is 1. The van der Waals surface area contributed by atoms with Gasteiger partial charge in [-0.3, -0.25) is 0 Å². The van der Waals surface area contributed by atoms with Crippen molar-refractivity contribution >= 4 is 10.0 Å². The number of hydrogen-bond donors (Lipinski definition) is 1. The fourth-order valence-corrected chi connectivity index (χ4v) is 4.08. The molecule has 0 radical (unpaired) electrons. The molecule has 0 spiro atoms. The van der Waals surface area contributed by atoms with Crippen molar-refractivity contribution in [3.8, 4) is 6.07 Å². The van der Waals surface area contributed by atoms with Gasteiger partial charge in [-0.15, -0.1) is 0 Å². The summed E-state index contributed by atoms with van der Waals surface area (Å²) in [6.07, 6.45) is 4.69. The average Bonchev–Trinajstić information content (AvgIpc) is 2.48. The molecule has 1 aliphatic carbocycles. The highest BCUT2D eigenvalue weighted by Crippen LogP contribution is 2.34. The zero-order valence-corrected chi connectivity index (χ0v) is 12.7. The SMILES string of the molecule is CCC1CCC(C#N)(NS(=O)(=O)c2ncccc2F)CC1. The summed E-state index contributed by atoms with van der Waals surface area (Å²) in [7, 11) is -4.14. The summed E-state index contributed by atoms with van der Waals surface area (Å²) in [5.41, 5.74) is -1.16. The minimum atomic E-state index is -4.14. The lowest BCUT2D eigenvalue weighted by molar-refractivity contribution is 0.259. The van der Waals surface area contributed by atoms with E-state index in [9.17, 15) is 18.1 Å². The molecule has 2 rings (SSSR count). The fraction of sp³-hybridized carbons (Fsp3) is 0.571. The fourth-order valence-electron chi connectivity index (χ4n) is 2.69. The molecule has 7 heteroatoms. The molecule has 5 nitrogen and oxygen atoms in total. The molecule has 0 saturated heterocycles. The molecule has 1 heterocycles. The molecule has 0 bridgehead atoms. The lowest BCUT2D eigenvalue weighted by Crippen LogP contribution is -2.49. The van der Waals surface area contributed by atoms with E-state index in [2.05, 4.69) is 22.7 Å². The van der Waals surface area contributed by atoms with Crippen LogP contribution in [-0.4, -0.2) is 18.9 Å². The maximum Gasteiger partial charge on any atom is 0.262 e. The molecule has 1 aliphatic rings. The number of nitrogens with zero attached hydrogens (tertiary/aromatic N) is 2. The van der Waals surface area contributed by atoms with Crippen molar-refractivity contribution in [2.75, 3.05) is 0 Å². The lowest BCUT2D eigenvalue weighted by atomic mass is 9.77. The predicted octanol–water partition coefficient (Wildman–Crippen LogP) is 2.36. The number of aromatic nitrogens is 1. The van der Waals surface area contributed by atoms with E-state index < -0.39 is 26.4 Å². The van der Waals surface area contributed by atoms with Crippen LogP contribution >= 0.6 is 0 Å². The Morgan fingerprint density at radius 2 is 2.19 bits per heavy atom. The summed E-state index contributed by atoms with van der Waals surface area (Å²) < 4.78 is 40.5. The van der Waals surface area contributed by atoms with Gasteiger partial charge in [0.1, 0.15) is 5.54 Å². The molecule has 21 heavy (non-hydrogen) atoms. The second kappa shape index (κ2) is 6.08. The standard InChI is InChI=1S/C14H18FN3O2S/c1-2-11-5-7-14(10-16,8-6-11)18-21(19,20)13-12(15)4-3-9-17-13/h3-4,9,11,18H,2,5-8H2,1H3. The van der Waals surface area contributed by atoms with Crippen LogP contribution in [0.5, 0.6) is 0 Å². The van der Waals surface area contributed by atoms with E-state index in [4.69, 9.17) is 0 Å². The summed E-state index contributed by atoms with van der Waals surface area (Å²) in [6, 6.07) is 4.42. The van der Waals surface area contributed by atoms with Gasteiger partial charge in [0.05, 0.1) is 6.07 Å². The van der Waals surface area contributed by atoms with Crippen molar-refractivity contribution in [1.82, 2.24) is 9.71 Å². The smallest absolute Gasteiger partial charge is 0.241 e. The first-order valence-electron chi connectivity index (χ1n) is 6.98.